The molecule has 0 bridgehead atoms. The maximum atomic E-state index is 12.6. The predicted molar refractivity (Wildman–Crippen MR) is 110 cm³/mol. The van der Waals surface area contributed by atoms with E-state index < -0.39 is 0 Å². The Balaban J connectivity index is 1.40. The van der Waals surface area contributed by atoms with E-state index in [1.54, 1.807) is 29.0 Å². The number of benzene rings is 1. The Morgan fingerprint density at radius 2 is 1.86 bits per heavy atom. The molecule has 3 aromatic rings. The zero-order chi connectivity index (χ0) is 20.2. The van der Waals surface area contributed by atoms with E-state index in [2.05, 4.69) is 25.3 Å². The average molecular weight is 393 g/mol. The summed E-state index contributed by atoms with van der Waals surface area (Å²) in [4.78, 5) is 25.6. The van der Waals surface area contributed by atoms with Crippen LogP contribution in [0.4, 0.5) is 16.3 Å². The van der Waals surface area contributed by atoms with Crippen molar-refractivity contribution in [2.45, 2.75) is 6.92 Å². The van der Waals surface area contributed by atoms with Crippen molar-refractivity contribution in [1.29, 1.82) is 0 Å². The first-order valence-electron chi connectivity index (χ1n) is 9.43. The molecule has 0 spiro atoms. The second-order valence-electron chi connectivity index (χ2n) is 6.72. The number of urea groups is 1. The highest BCUT2D eigenvalue weighted by Gasteiger charge is 2.23. The normalized spacial score (nSPS) is 14.0. The molecule has 0 atom stereocenters. The maximum absolute atomic E-state index is 12.6. The summed E-state index contributed by atoms with van der Waals surface area (Å²) in [6.07, 6.45) is 3.57. The minimum absolute atomic E-state index is 0.117. The van der Waals surface area contributed by atoms with Gasteiger partial charge in [0.1, 0.15) is 17.4 Å². The summed E-state index contributed by atoms with van der Waals surface area (Å²) in [5, 5.41) is 7.17. The zero-order valence-electron chi connectivity index (χ0n) is 16.4. The van der Waals surface area contributed by atoms with Crippen molar-refractivity contribution in [1.82, 2.24) is 24.6 Å². The van der Waals surface area contributed by atoms with E-state index in [9.17, 15) is 4.79 Å². The number of carbonyl (C=O) groups is 1. The molecule has 1 aromatic carbocycles. The van der Waals surface area contributed by atoms with Crippen molar-refractivity contribution in [3.05, 3.63) is 54.6 Å². The minimum atomic E-state index is -0.117. The fourth-order valence-electron chi connectivity index (χ4n) is 3.26. The van der Waals surface area contributed by atoms with Crippen molar-refractivity contribution in [2.75, 3.05) is 43.5 Å². The van der Waals surface area contributed by atoms with Gasteiger partial charge in [0.15, 0.2) is 5.82 Å². The quantitative estimate of drug-likeness (QED) is 0.732. The highest BCUT2D eigenvalue weighted by Crippen LogP contribution is 2.19. The van der Waals surface area contributed by atoms with Crippen LogP contribution < -0.4 is 15.0 Å². The molecule has 1 fully saturated rings. The fraction of sp³-hybridized carbons (Fsp3) is 0.300. The first-order valence-corrected chi connectivity index (χ1v) is 9.43. The molecular weight excluding hydrogens is 370 g/mol. The Labute approximate surface area is 168 Å². The first kappa shape index (κ1) is 18.7. The number of amides is 2. The Morgan fingerprint density at radius 1 is 1.07 bits per heavy atom. The third-order valence-corrected chi connectivity index (χ3v) is 4.76. The van der Waals surface area contributed by atoms with Gasteiger partial charge in [0.05, 0.1) is 7.11 Å². The van der Waals surface area contributed by atoms with Gasteiger partial charge >= 0.3 is 6.03 Å². The van der Waals surface area contributed by atoms with Crippen LogP contribution >= 0.6 is 0 Å². The van der Waals surface area contributed by atoms with E-state index in [0.717, 1.165) is 11.6 Å². The second-order valence-corrected chi connectivity index (χ2v) is 6.72. The minimum Gasteiger partial charge on any atom is -0.497 e. The standard InChI is InChI=1S/C20H23N7O2/c1-15-22-18(14-19(23-15)27-8-4-7-21-27)25-9-11-26(12-10-25)20(28)24-16-5-3-6-17(13-16)29-2/h3-8,13-14H,9-12H2,1-2H3,(H,24,28). The molecule has 2 aromatic heterocycles. The molecule has 9 nitrogen and oxygen atoms in total. The number of nitrogens with one attached hydrogen (secondary N) is 1. The van der Waals surface area contributed by atoms with Gasteiger partial charge in [0, 0.05) is 56.4 Å². The average Bonchev–Trinajstić information content (AvgIpc) is 3.28. The molecule has 0 radical (unpaired) electrons. The summed E-state index contributed by atoms with van der Waals surface area (Å²) in [7, 11) is 1.60. The van der Waals surface area contributed by atoms with Gasteiger partial charge in [-0.05, 0) is 25.1 Å². The number of hydrogen-bond acceptors (Lipinski definition) is 6. The van der Waals surface area contributed by atoms with E-state index in [0.29, 0.717) is 43.4 Å². The molecule has 29 heavy (non-hydrogen) atoms. The summed E-state index contributed by atoms with van der Waals surface area (Å²) in [5.41, 5.74) is 0.715. The Bertz CT molecular complexity index is 982. The molecule has 0 unspecified atom stereocenters. The second kappa shape index (κ2) is 8.17. The smallest absolute Gasteiger partial charge is 0.321 e. The number of hydrogen-bond donors (Lipinski definition) is 1. The van der Waals surface area contributed by atoms with Gasteiger partial charge in [-0.25, -0.2) is 19.4 Å². The van der Waals surface area contributed by atoms with Crippen molar-refractivity contribution in [3.8, 4) is 11.6 Å². The summed E-state index contributed by atoms with van der Waals surface area (Å²) in [6.45, 7) is 4.47. The molecule has 9 heteroatoms. The largest absolute Gasteiger partial charge is 0.497 e. The number of ether oxygens (including phenoxy) is 1. The molecule has 3 heterocycles. The lowest BCUT2D eigenvalue weighted by Crippen LogP contribution is -2.50. The van der Waals surface area contributed by atoms with Crippen molar-refractivity contribution in [2.24, 2.45) is 0 Å². The Kier molecular flexibility index (Phi) is 5.28. The van der Waals surface area contributed by atoms with E-state index in [-0.39, 0.29) is 6.03 Å². The van der Waals surface area contributed by atoms with Gasteiger partial charge in [0.2, 0.25) is 0 Å². The lowest BCUT2D eigenvalue weighted by Gasteiger charge is -2.35. The van der Waals surface area contributed by atoms with Gasteiger partial charge in [-0.2, -0.15) is 5.10 Å². The summed E-state index contributed by atoms with van der Waals surface area (Å²) >= 11 is 0. The third kappa shape index (κ3) is 4.29. The number of methoxy groups -OCH3 is 1. The fourth-order valence-corrected chi connectivity index (χ4v) is 3.26. The molecule has 0 saturated carbocycles. The van der Waals surface area contributed by atoms with Gasteiger partial charge in [-0.3, -0.25) is 0 Å². The van der Waals surface area contributed by atoms with Gasteiger partial charge in [-0.1, -0.05) is 6.07 Å². The van der Waals surface area contributed by atoms with Crippen LogP contribution in [0.3, 0.4) is 0 Å². The highest BCUT2D eigenvalue weighted by molar-refractivity contribution is 5.89. The van der Waals surface area contributed by atoms with Crippen LogP contribution in [-0.4, -0.2) is 64.0 Å². The Hall–Kier alpha value is -3.62. The van der Waals surface area contributed by atoms with Crippen molar-refractivity contribution in [3.63, 3.8) is 0 Å². The van der Waals surface area contributed by atoms with Gasteiger partial charge < -0.3 is 19.9 Å². The molecule has 1 saturated heterocycles. The van der Waals surface area contributed by atoms with Crippen LogP contribution in [0.25, 0.3) is 5.82 Å². The molecule has 1 aliphatic heterocycles. The van der Waals surface area contributed by atoms with Crippen molar-refractivity contribution < 1.29 is 9.53 Å². The molecular formula is C20H23N7O2. The van der Waals surface area contributed by atoms with Gasteiger partial charge in [0.25, 0.3) is 0 Å². The number of aryl methyl sites for hydroxylation is 1. The maximum Gasteiger partial charge on any atom is 0.321 e. The number of nitrogens with zero attached hydrogens (tertiary/aromatic N) is 6. The molecule has 2 amide bonds. The van der Waals surface area contributed by atoms with Crippen LogP contribution in [0, 0.1) is 6.92 Å². The monoisotopic (exact) mass is 393 g/mol. The van der Waals surface area contributed by atoms with Crippen LogP contribution in [0.1, 0.15) is 5.82 Å². The summed E-state index contributed by atoms with van der Waals surface area (Å²) in [5.74, 6) is 2.97. The highest BCUT2D eigenvalue weighted by atomic mass is 16.5. The van der Waals surface area contributed by atoms with Crippen LogP contribution in [-0.2, 0) is 0 Å². The van der Waals surface area contributed by atoms with Crippen LogP contribution in [0.5, 0.6) is 5.75 Å². The summed E-state index contributed by atoms with van der Waals surface area (Å²) < 4.78 is 6.92. The van der Waals surface area contributed by atoms with Gasteiger partial charge in [-0.15, -0.1) is 0 Å². The predicted octanol–water partition coefficient (Wildman–Crippen LogP) is 2.33. The zero-order valence-corrected chi connectivity index (χ0v) is 16.4. The number of aromatic nitrogens is 4. The molecule has 150 valence electrons. The van der Waals surface area contributed by atoms with E-state index in [1.807, 2.05) is 43.5 Å². The molecule has 4 rings (SSSR count). The molecule has 1 N–H and O–H groups in total. The van der Waals surface area contributed by atoms with Crippen LogP contribution in [0.2, 0.25) is 0 Å². The lowest BCUT2D eigenvalue weighted by molar-refractivity contribution is 0.208. The number of piperazine rings is 1. The van der Waals surface area contributed by atoms with Crippen molar-refractivity contribution >= 4 is 17.5 Å². The number of carbonyl (C=O) groups excluding carboxylic acids is 1. The van der Waals surface area contributed by atoms with Crippen LogP contribution in [0.15, 0.2) is 48.8 Å². The van der Waals surface area contributed by atoms with E-state index >= 15 is 0 Å². The lowest BCUT2D eigenvalue weighted by atomic mass is 10.3. The number of rotatable bonds is 4. The topological polar surface area (TPSA) is 88.4 Å². The SMILES string of the molecule is COc1cccc(NC(=O)N2CCN(c3cc(-n4cccn4)nc(C)n3)CC2)c1. The molecule has 1 aliphatic rings. The Morgan fingerprint density at radius 3 is 2.59 bits per heavy atom. The first-order chi connectivity index (χ1) is 14.1. The number of anilines is 2. The van der Waals surface area contributed by atoms with E-state index in [4.69, 9.17) is 4.74 Å². The third-order valence-electron chi connectivity index (χ3n) is 4.76. The molecule has 0 aliphatic carbocycles. The van der Waals surface area contributed by atoms with E-state index in [1.165, 1.54) is 0 Å². The summed E-state index contributed by atoms with van der Waals surface area (Å²) in [6, 6.07) is 11.0.